The quantitative estimate of drug-likeness (QED) is 0.561. The first-order valence-corrected chi connectivity index (χ1v) is 15.0. The molecule has 10 heteroatoms. The van der Waals surface area contributed by atoms with Crippen molar-refractivity contribution >= 4 is 33.4 Å². The maximum atomic E-state index is 14.0. The molecule has 1 aromatic rings. The predicted octanol–water partition coefficient (Wildman–Crippen LogP) is 2.51. The molecule has 6 atom stereocenters. The molecule has 4 heterocycles. The molecule has 3 aliphatic carbocycles. The lowest BCUT2D eigenvalue weighted by Gasteiger charge is -2.46. The topological polar surface area (TPSA) is 87.2 Å². The molecule has 1 aromatic carbocycles. The van der Waals surface area contributed by atoms with E-state index in [9.17, 15) is 18.0 Å². The summed E-state index contributed by atoms with van der Waals surface area (Å²) in [6.45, 7) is 2.95. The van der Waals surface area contributed by atoms with Gasteiger partial charge < -0.3 is 14.5 Å². The van der Waals surface area contributed by atoms with E-state index in [1.807, 2.05) is 9.80 Å². The van der Waals surface area contributed by atoms with Crippen LogP contribution in [0.2, 0.25) is 5.02 Å². The van der Waals surface area contributed by atoms with Crippen LogP contribution in [-0.2, 0) is 24.3 Å². The number of benzene rings is 1. The molecule has 8 rings (SSSR count). The highest BCUT2D eigenvalue weighted by atomic mass is 35.5. The van der Waals surface area contributed by atoms with Crippen LogP contribution in [-0.4, -0.2) is 84.3 Å². The maximum Gasteiger partial charge on any atom is 0.243 e. The first-order valence-electron chi connectivity index (χ1n) is 13.2. The summed E-state index contributed by atoms with van der Waals surface area (Å²) in [5, 5.41) is 0.497. The van der Waals surface area contributed by atoms with Crippen LogP contribution in [0.3, 0.4) is 0 Å². The molecule has 194 valence electrons. The molecular weight excluding hydrogens is 502 g/mol. The average molecular weight is 534 g/mol. The number of hydrogen-bond donors (Lipinski definition) is 0. The fourth-order valence-corrected chi connectivity index (χ4v) is 9.76. The number of morpholine rings is 1. The number of rotatable bonds is 6. The summed E-state index contributed by atoms with van der Waals surface area (Å²) in [7, 11) is -3.78. The van der Waals surface area contributed by atoms with E-state index < -0.39 is 15.4 Å². The average Bonchev–Trinajstić information content (AvgIpc) is 3.74. The summed E-state index contributed by atoms with van der Waals surface area (Å²) in [5.41, 5.74) is -0.392. The molecule has 3 saturated carbocycles. The lowest BCUT2D eigenvalue weighted by atomic mass is 9.79. The Morgan fingerprint density at radius 3 is 2.42 bits per heavy atom. The number of carbonyl (C=O) groups excluding carboxylic acids is 2. The zero-order chi connectivity index (χ0) is 25.0. The molecule has 0 spiro atoms. The number of likely N-dealkylation sites (tertiary alicyclic amines) is 1. The van der Waals surface area contributed by atoms with Gasteiger partial charge in [-0.05, 0) is 67.7 Å². The van der Waals surface area contributed by atoms with E-state index in [1.165, 1.54) is 0 Å². The number of sulfonamides is 1. The van der Waals surface area contributed by atoms with Crippen LogP contribution in [0.15, 0.2) is 29.2 Å². The van der Waals surface area contributed by atoms with Gasteiger partial charge in [0, 0.05) is 30.8 Å². The number of halogens is 1. The van der Waals surface area contributed by atoms with Crippen LogP contribution in [0.25, 0.3) is 0 Å². The summed E-state index contributed by atoms with van der Waals surface area (Å²) in [6.07, 6.45) is 5.00. The molecule has 2 amide bonds. The van der Waals surface area contributed by atoms with Gasteiger partial charge in [-0.2, -0.15) is 4.31 Å². The molecular formula is C26H32ClN3O5S. The number of hydrogen-bond acceptors (Lipinski definition) is 5. The van der Waals surface area contributed by atoms with Gasteiger partial charge in [0.05, 0.1) is 48.3 Å². The molecule has 0 radical (unpaired) electrons. The van der Waals surface area contributed by atoms with Crippen molar-refractivity contribution in [3.63, 3.8) is 0 Å². The van der Waals surface area contributed by atoms with Crippen LogP contribution in [0.4, 0.5) is 0 Å². The highest BCUT2D eigenvalue weighted by molar-refractivity contribution is 7.89. The van der Waals surface area contributed by atoms with Crippen molar-refractivity contribution in [1.82, 2.24) is 14.1 Å². The number of piperazine rings is 1. The Balaban J connectivity index is 1.15. The van der Waals surface area contributed by atoms with E-state index in [2.05, 4.69) is 0 Å². The number of nitrogens with zero attached hydrogens (tertiary/aromatic N) is 3. The number of amides is 2. The van der Waals surface area contributed by atoms with E-state index in [4.69, 9.17) is 16.3 Å². The maximum absolute atomic E-state index is 14.0. The zero-order valence-electron chi connectivity index (χ0n) is 20.4. The SMILES string of the molecule is CC(=O)N1C2C[C@H]3C2N(C(=O)CC2(C4COCC(C5CC5)N4S(=O)(=O)c4ccc(Cl)cc4)CC2)CC31. The fourth-order valence-electron chi connectivity index (χ4n) is 7.70. The van der Waals surface area contributed by atoms with E-state index in [0.29, 0.717) is 43.0 Å². The molecule has 4 bridgehead atoms. The largest absolute Gasteiger partial charge is 0.378 e. The van der Waals surface area contributed by atoms with Gasteiger partial charge in [0.1, 0.15) is 0 Å². The molecule has 4 aliphatic heterocycles. The summed E-state index contributed by atoms with van der Waals surface area (Å²) in [6, 6.07) is 6.27. The summed E-state index contributed by atoms with van der Waals surface area (Å²) in [4.78, 5) is 30.0. The van der Waals surface area contributed by atoms with Crippen molar-refractivity contribution < 1.29 is 22.7 Å². The van der Waals surface area contributed by atoms with Gasteiger partial charge >= 0.3 is 0 Å². The summed E-state index contributed by atoms with van der Waals surface area (Å²) < 4.78 is 35.8. The highest BCUT2D eigenvalue weighted by Gasteiger charge is 2.68. The fraction of sp³-hybridized carbons (Fsp3) is 0.692. The van der Waals surface area contributed by atoms with Crippen LogP contribution < -0.4 is 0 Å². The molecule has 4 saturated heterocycles. The van der Waals surface area contributed by atoms with Crippen LogP contribution in [0.1, 0.15) is 45.4 Å². The second kappa shape index (κ2) is 7.91. The second-order valence-electron chi connectivity index (χ2n) is 11.8. The van der Waals surface area contributed by atoms with Crippen molar-refractivity contribution in [3.8, 4) is 0 Å². The Labute approximate surface area is 216 Å². The third-order valence-corrected chi connectivity index (χ3v) is 12.0. The first kappa shape index (κ1) is 23.4. The zero-order valence-corrected chi connectivity index (χ0v) is 22.0. The third-order valence-electron chi connectivity index (χ3n) is 9.84. The van der Waals surface area contributed by atoms with Gasteiger partial charge in [-0.25, -0.2) is 8.42 Å². The van der Waals surface area contributed by atoms with Crippen LogP contribution in [0.5, 0.6) is 0 Å². The minimum Gasteiger partial charge on any atom is -0.378 e. The van der Waals surface area contributed by atoms with Crippen molar-refractivity contribution in [2.75, 3.05) is 19.8 Å². The normalized spacial score (nSPS) is 36.6. The monoisotopic (exact) mass is 533 g/mol. The Hall–Kier alpha value is -1.68. The third kappa shape index (κ3) is 3.35. The van der Waals surface area contributed by atoms with E-state index >= 15 is 0 Å². The molecule has 0 N–H and O–H groups in total. The van der Waals surface area contributed by atoms with E-state index in [1.54, 1.807) is 35.5 Å². The van der Waals surface area contributed by atoms with Gasteiger partial charge in [-0.15, -0.1) is 0 Å². The Bertz CT molecular complexity index is 1210. The van der Waals surface area contributed by atoms with Gasteiger partial charge in [0.2, 0.25) is 21.8 Å². The lowest BCUT2D eigenvalue weighted by molar-refractivity contribution is -0.145. The van der Waals surface area contributed by atoms with Gasteiger partial charge in [-0.3, -0.25) is 9.59 Å². The molecule has 8 nitrogen and oxygen atoms in total. The van der Waals surface area contributed by atoms with Crippen molar-refractivity contribution in [2.45, 2.75) is 80.6 Å². The minimum absolute atomic E-state index is 0.106. The Kier molecular flexibility index (Phi) is 5.15. The Morgan fingerprint density at radius 2 is 1.81 bits per heavy atom. The minimum atomic E-state index is -3.78. The van der Waals surface area contributed by atoms with Gasteiger partial charge in [0.25, 0.3) is 0 Å². The molecule has 0 aromatic heterocycles. The summed E-state index contributed by atoms with van der Waals surface area (Å²) >= 11 is 6.04. The van der Waals surface area contributed by atoms with Gasteiger partial charge in [-0.1, -0.05) is 11.6 Å². The van der Waals surface area contributed by atoms with Gasteiger partial charge in [0.15, 0.2) is 0 Å². The smallest absolute Gasteiger partial charge is 0.243 e. The van der Waals surface area contributed by atoms with Crippen molar-refractivity contribution in [3.05, 3.63) is 29.3 Å². The summed E-state index contributed by atoms with van der Waals surface area (Å²) in [5.74, 6) is 0.919. The van der Waals surface area contributed by atoms with Crippen LogP contribution >= 0.6 is 11.6 Å². The van der Waals surface area contributed by atoms with Crippen LogP contribution in [0, 0.1) is 17.3 Å². The molecule has 36 heavy (non-hydrogen) atoms. The highest BCUT2D eigenvalue weighted by Crippen LogP contribution is 2.59. The standard InChI is InChI=1S/C26H32ClN3O5S/c1-15(31)29-20-10-19-21(29)12-28(25(19)20)24(32)11-26(8-9-26)23-14-35-13-22(16-2-3-16)30(23)36(33,34)18-6-4-17(27)5-7-18/h4-7,16,19-23,25H,2-3,8-14H2,1H3/t19-,20?,21?,22?,23?,25?/m1/s1. The van der Waals surface area contributed by atoms with Crippen molar-refractivity contribution in [2.24, 2.45) is 17.3 Å². The first-order chi connectivity index (χ1) is 17.2. The lowest BCUT2D eigenvalue weighted by Crippen LogP contribution is -2.61. The molecule has 5 unspecified atom stereocenters. The number of ether oxygens (including phenoxy) is 1. The van der Waals surface area contributed by atoms with E-state index in [0.717, 1.165) is 32.1 Å². The number of carbonyl (C=O) groups is 2. The van der Waals surface area contributed by atoms with E-state index in [-0.39, 0.29) is 46.9 Å². The molecule has 7 fully saturated rings. The predicted molar refractivity (Wildman–Crippen MR) is 132 cm³/mol. The van der Waals surface area contributed by atoms with Crippen molar-refractivity contribution in [1.29, 1.82) is 0 Å². The Morgan fingerprint density at radius 1 is 1.08 bits per heavy atom. The second-order valence-corrected chi connectivity index (χ2v) is 14.1. The molecule has 7 aliphatic rings.